The predicted molar refractivity (Wildman–Crippen MR) is 67.4 cm³/mol. The van der Waals surface area contributed by atoms with Gasteiger partial charge in [0.2, 0.25) is 5.82 Å². The molecule has 6 nitrogen and oxygen atoms in total. The van der Waals surface area contributed by atoms with E-state index in [9.17, 15) is 4.79 Å². The van der Waals surface area contributed by atoms with Gasteiger partial charge in [-0.3, -0.25) is 4.79 Å². The maximum Gasteiger partial charge on any atom is 0.291 e. The van der Waals surface area contributed by atoms with Crippen molar-refractivity contribution >= 4 is 11.7 Å². The first-order chi connectivity index (χ1) is 8.47. The van der Waals surface area contributed by atoms with Crippen molar-refractivity contribution in [3.05, 3.63) is 35.4 Å². The zero-order valence-electron chi connectivity index (χ0n) is 10.7. The van der Waals surface area contributed by atoms with Gasteiger partial charge in [-0.05, 0) is 26.8 Å². The fourth-order valence-electron chi connectivity index (χ4n) is 1.57. The molecule has 0 aromatic carbocycles. The molecule has 2 heterocycles. The normalized spacial score (nSPS) is 10.6. The Morgan fingerprint density at radius 3 is 2.83 bits per heavy atom. The minimum atomic E-state index is -0.319. The van der Waals surface area contributed by atoms with E-state index in [-0.39, 0.29) is 11.7 Å². The topological polar surface area (TPSA) is 72.2 Å². The van der Waals surface area contributed by atoms with Gasteiger partial charge in [0, 0.05) is 17.9 Å². The number of nitrogens with one attached hydrogen (secondary N) is 1. The van der Waals surface area contributed by atoms with Gasteiger partial charge in [-0.25, -0.2) is 9.50 Å². The quantitative estimate of drug-likeness (QED) is 0.820. The van der Waals surface area contributed by atoms with Crippen molar-refractivity contribution in [3.8, 4) is 0 Å². The molecule has 0 radical (unpaired) electrons. The lowest BCUT2D eigenvalue weighted by atomic mass is 10.3. The predicted octanol–water partition coefficient (Wildman–Crippen LogP) is 1.05. The van der Waals surface area contributed by atoms with Crippen molar-refractivity contribution < 1.29 is 4.79 Å². The van der Waals surface area contributed by atoms with Crippen LogP contribution in [0.5, 0.6) is 0 Å². The Labute approximate surface area is 105 Å². The number of fused-ring (bicyclic) bond motifs is 1. The van der Waals surface area contributed by atoms with E-state index in [1.54, 1.807) is 4.52 Å². The van der Waals surface area contributed by atoms with Gasteiger partial charge in [0.25, 0.3) is 11.7 Å². The Kier molecular flexibility index (Phi) is 3.10. The maximum absolute atomic E-state index is 11.8. The van der Waals surface area contributed by atoms with Crippen molar-refractivity contribution in [2.75, 3.05) is 6.54 Å². The van der Waals surface area contributed by atoms with Crippen LogP contribution in [0.2, 0.25) is 0 Å². The summed E-state index contributed by atoms with van der Waals surface area (Å²) in [4.78, 5) is 20.1. The molecule has 1 N–H and O–H groups in total. The van der Waals surface area contributed by atoms with Crippen LogP contribution in [0.1, 0.15) is 28.9 Å². The second-order valence-electron chi connectivity index (χ2n) is 4.33. The van der Waals surface area contributed by atoms with Gasteiger partial charge >= 0.3 is 0 Å². The van der Waals surface area contributed by atoms with E-state index in [0.29, 0.717) is 12.3 Å². The highest BCUT2D eigenvalue weighted by molar-refractivity contribution is 5.90. The van der Waals surface area contributed by atoms with Crippen LogP contribution in [-0.2, 0) is 0 Å². The fourth-order valence-corrected chi connectivity index (χ4v) is 1.57. The Bertz CT molecular complexity index is 629. The van der Waals surface area contributed by atoms with Crippen LogP contribution in [0.15, 0.2) is 18.2 Å². The molecule has 0 spiro atoms. The summed E-state index contributed by atoms with van der Waals surface area (Å²) in [7, 11) is 0. The number of amides is 1. The van der Waals surface area contributed by atoms with Gasteiger partial charge in [-0.15, -0.1) is 5.10 Å². The van der Waals surface area contributed by atoms with E-state index in [1.165, 1.54) is 0 Å². The molecule has 2 aromatic heterocycles. The largest absolute Gasteiger partial charge is 0.346 e. The minimum Gasteiger partial charge on any atom is -0.346 e. The third kappa shape index (κ3) is 2.37. The monoisotopic (exact) mass is 245 g/mol. The number of aromatic nitrogens is 4. The lowest BCUT2D eigenvalue weighted by Gasteiger charge is -2.00. The fraction of sp³-hybridized carbons (Fsp3) is 0.333. The van der Waals surface area contributed by atoms with Gasteiger partial charge < -0.3 is 5.32 Å². The van der Waals surface area contributed by atoms with Crippen molar-refractivity contribution in [3.63, 3.8) is 0 Å². The first-order valence-electron chi connectivity index (χ1n) is 5.61. The Morgan fingerprint density at radius 2 is 2.17 bits per heavy atom. The number of carbonyl (C=O) groups excluding carboxylic acids is 1. The van der Waals surface area contributed by atoms with Gasteiger partial charge in [0.1, 0.15) is 0 Å². The van der Waals surface area contributed by atoms with Crippen molar-refractivity contribution in [1.82, 2.24) is 24.9 Å². The molecule has 0 bridgehead atoms. The highest BCUT2D eigenvalue weighted by Gasteiger charge is 2.14. The molecule has 0 aliphatic heterocycles. The van der Waals surface area contributed by atoms with Crippen LogP contribution < -0.4 is 5.32 Å². The van der Waals surface area contributed by atoms with Gasteiger partial charge in [0.15, 0.2) is 0 Å². The molecular weight excluding hydrogens is 230 g/mol. The summed E-state index contributed by atoms with van der Waals surface area (Å²) >= 11 is 0. The van der Waals surface area contributed by atoms with E-state index in [1.807, 2.05) is 26.8 Å². The van der Waals surface area contributed by atoms with E-state index < -0.39 is 0 Å². The Morgan fingerprint density at radius 1 is 1.44 bits per heavy atom. The summed E-state index contributed by atoms with van der Waals surface area (Å²) in [6.45, 7) is 9.74. The highest BCUT2D eigenvalue weighted by atomic mass is 16.2. The molecule has 2 aromatic rings. The van der Waals surface area contributed by atoms with Crippen LogP contribution in [0.3, 0.4) is 0 Å². The van der Waals surface area contributed by atoms with Crippen LogP contribution in [0.25, 0.3) is 5.78 Å². The Balaban J connectivity index is 2.32. The first-order valence-corrected chi connectivity index (χ1v) is 5.61. The minimum absolute atomic E-state index is 0.123. The van der Waals surface area contributed by atoms with E-state index in [2.05, 4.69) is 27.0 Å². The molecule has 0 saturated carbocycles. The zero-order chi connectivity index (χ0) is 13.3. The van der Waals surface area contributed by atoms with Crippen LogP contribution in [0.4, 0.5) is 0 Å². The third-order valence-electron chi connectivity index (χ3n) is 2.37. The average molecular weight is 245 g/mol. The molecule has 0 fully saturated rings. The van der Waals surface area contributed by atoms with Crippen LogP contribution in [-0.4, -0.2) is 32.0 Å². The molecule has 0 saturated heterocycles. The SMILES string of the molecule is C=C(C)CNC(=O)c1nc2nc(C)cc(C)n2n1. The molecule has 94 valence electrons. The molecule has 0 unspecified atom stereocenters. The van der Waals surface area contributed by atoms with E-state index >= 15 is 0 Å². The van der Waals surface area contributed by atoms with Gasteiger partial charge in [-0.2, -0.15) is 4.98 Å². The third-order valence-corrected chi connectivity index (χ3v) is 2.37. The average Bonchev–Trinajstić information content (AvgIpc) is 2.69. The molecule has 2 rings (SSSR count). The Hall–Kier alpha value is -2.24. The van der Waals surface area contributed by atoms with Gasteiger partial charge in [0.05, 0.1) is 0 Å². The molecule has 0 atom stereocenters. The zero-order valence-corrected chi connectivity index (χ0v) is 10.7. The molecule has 1 amide bonds. The smallest absolute Gasteiger partial charge is 0.291 e. The molecule has 0 aliphatic rings. The summed E-state index contributed by atoms with van der Waals surface area (Å²) in [5.41, 5.74) is 2.61. The lowest BCUT2D eigenvalue weighted by molar-refractivity contribution is 0.0947. The summed E-state index contributed by atoms with van der Waals surface area (Å²) in [5, 5.41) is 6.82. The number of aryl methyl sites for hydroxylation is 2. The summed E-state index contributed by atoms with van der Waals surface area (Å²) in [6.07, 6.45) is 0. The molecular formula is C12H15N5O. The van der Waals surface area contributed by atoms with Crippen molar-refractivity contribution in [1.29, 1.82) is 0 Å². The van der Waals surface area contributed by atoms with E-state index in [0.717, 1.165) is 17.0 Å². The van der Waals surface area contributed by atoms with Crippen molar-refractivity contribution in [2.24, 2.45) is 0 Å². The number of hydrogen-bond acceptors (Lipinski definition) is 4. The second kappa shape index (κ2) is 4.56. The summed E-state index contributed by atoms with van der Waals surface area (Å²) in [5.74, 6) is 0.242. The molecule has 0 aliphatic carbocycles. The standard InChI is InChI=1S/C12H15N5O/c1-7(2)6-13-11(18)10-15-12-14-8(3)5-9(4)17(12)16-10/h5H,1,6H2,2-4H3,(H,13,18). The molecule has 18 heavy (non-hydrogen) atoms. The second-order valence-corrected chi connectivity index (χ2v) is 4.33. The molecule has 6 heteroatoms. The summed E-state index contributed by atoms with van der Waals surface area (Å²) in [6, 6.07) is 1.89. The highest BCUT2D eigenvalue weighted by Crippen LogP contribution is 2.05. The van der Waals surface area contributed by atoms with Crippen molar-refractivity contribution in [2.45, 2.75) is 20.8 Å². The number of carbonyl (C=O) groups is 1. The summed E-state index contributed by atoms with van der Waals surface area (Å²) < 4.78 is 1.56. The number of nitrogens with zero attached hydrogens (tertiary/aromatic N) is 4. The van der Waals surface area contributed by atoms with Crippen LogP contribution >= 0.6 is 0 Å². The maximum atomic E-state index is 11.8. The number of hydrogen-bond donors (Lipinski definition) is 1. The van der Waals surface area contributed by atoms with Crippen LogP contribution in [0, 0.1) is 13.8 Å². The van der Waals surface area contributed by atoms with E-state index in [4.69, 9.17) is 0 Å². The lowest BCUT2D eigenvalue weighted by Crippen LogP contribution is -2.26. The number of rotatable bonds is 3. The first kappa shape index (κ1) is 12.2. The van der Waals surface area contributed by atoms with Gasteiger partial charge in [-0.1, -0.05) is 12.2 Å².